The van der Waals surface area contributed by atoms with Crippen LogP contribution in [-0.4, -0.2) is 25.4 Å². The van der Waals surface area contributed by atoms with Crippen molar-refractivity contribution >= 4 is 0 Å². The average molecular weight is 267 g/mol. The Morgan fingerprint density at radius 1 is 1.21 bits per heavy atom. The molecule has 0 aromatic heterocycles. The Balaban J connectivity index is 3.09. The van der Waals surface area contributed by atoms with Gasteiger partial charge in [-0.15, -0.1) is 0 Å². The van der Waals surface area contributed by atoms with Crippen molar-refractivity contribution in [2.24, 2.45) is 5.73 Å². The van der Waals surface area contributed by atoms with E-state index in [1.807, 2.05) is 19.1 Å². The lowest BCUT2D eigenvalue weighted by molar-refractivity contribution is 0.130. The van der Waals surface area contributed by atoms with Crippen LogP contribution in [0.1, 0.15) is 43.4 Å². The lowest BCUT2D eigenvalue weighted by Gasteiger charge is -2.23. The van der Waals surface area contributed by atoms with E-state index in [9.17, 15) is 5.11 Å². The summed E-state index contributed by atoms with van der Waals surface area (Å²) >= 11 is 0. The highest BCUT2D eigenvalue weighted by Gasteiger charge is 2.24. The molecule has 3 N–H and O–H groups in total. The third kappa shape index (κ3) is 3.85. The minimum Gasteiger partial charge on any atom is -0.496 e. The van der Waals surface area contributed by atoms with Gasteiger partial charge in [0.15, 0.2) is 0 Å². The Hall–Kier alpha value is -1.26. The molecule has 108 valence electrons. The van der Waals surface area contributed by atoms with E-state index in [2.05, 4.69) is 6.92 Å². The lowest BCUT2D eigenvalue weighted by atomic mass is 9.95. The minimum absolute atomic E-state index is 0.503. The van der Waals surface area contributed by atoms with Crippen LogP contribution in [0.15, 0.2) is 12.1 Å². The molecule has 19 heavy (non-hydrogen) atoms. The van der Waals surface area contributed by atoms with Crippen LogP contribution >= 0.6 is 0 Å². The molecule has 0 amide bonds. The van der Waals surface area contributed by atoms with Gasteiger partial charge in [-0.25, -0.2) is 0 Å². The third-order valence-electron chi connectivity index (χ3n) is 3.29. The van der Waals surface area contributed by atoms with Gasteiger partial charge in [0, 0.05) is 0 Å². The Bertz CT molecular complexity index is 381. The molecule has 2 atom stereocenters. The van der Waals surface area contributed by atoms with Crippen LogP contribution in [-0.2, 0) is 0 Å². The zero-order chi connectivity index (χ0) is 14.4. The smallest absolute Gasteiger partial charge is 0.127 e. The predicted octanol–water partition coefficient (Wildman–Crippen LogP) is 2.56. The quantitative estimate of drug-likeness (QED) is 0.797. The maximum atomic E-state index is 10.2. The number of ether oxygens (including phenoxy) is 2. The van der Waals surface area contributed by atoms with Crippen molar-refractivity contribution in [3.8, 4) is 11.5 Å². The van der Waals surface area contributed by atoms with Gasteiger partial charge in [0.05, 0.1) is 31.9 Å². The minimum atomic E-state index is -0.592. The highest BCUT2D eigenvalue weighted by molar-refractivity contribution is 5.50. The summed E-state index contributed by atoms with van der Waals surface area (Å²) in [6.07, 6.45) is 2.07. The fraction of sp³-hybridized carbons (Fsp3) is 0.600. The van der Waals surface area contributed by atoms with Crippen LogP contribution in [0, 0.1) is 6.92 Å². The molecule has 1 aromatic rings. The highest BCUT2D eigenvalue weighted by Crippen LogP contribution is 2.36. The van der Waals surface area contributed by atoms with Crippen LogP contribution in [0.3, 0.4) is 0 Å². The normalized spacial score (nSPS) is 14.0. The first kappa shape index (κ1) is 15.8. The van der Waals surface area contributed by atoms with Crippen LogP contribution in [0.25, 0.3) is 0 Å². The van der Waals surface area contributed by atoms with Gasteiger partial charge in [0.1, 0.15) is 11.5 Å². The van der Waals surface area contributed by atoms with Crippen molar-refractivity contribution in [2.45, 2.75) is 45.3 Å². The number of rotatable bonds is 7. The summed E-state index contributed by atoms with van der Waals surface area (Å²) in [7, 11) is 3.20. The Morgan fingerprint density at radius 2 is 1.74 bits per heavy atom. The summed E-state index contributed by atoms with van der Waals surface area (Å²) in [5, 5.41) is 10.2. The van der Waals surface area contributed by atoms with E-state index in [1.165, 1.54) is 0 Å². The molecule has 0 aliphatic rings. The van der Waals surface area contributed by atoms with Gasteiger partial charge < -0.3 is 20.3 Å². The monoisotopic (exact) mass is 267 g/mol. The van der Waals surface area contributed by atoms with Gasteiger partial charge in [-0.05, 0) is 31.0 Å². The number of benzene rings is 1. The zero-order valence-electron chi connectivity index (χ0n) is 12.3. The van der Waals surface area contributed by atoms with Crippen molar-refractivity contribution in [1.29, 1.82) is 0 Å². The highest BCUT2D eigenvalue weighted by atomic mass is 16.5. The second-order valence-electron chi connectivity index (χ2n) is 4.82. The summed E-state index contributed by atoms with van der Waals surface area (Å²) in [6.45, 7) is 4.05. The van der Waals surface area contributed by atoms with E-state index in [-0.39, 0.29) is 0 Å². The molecule has 0 saturated carbocycles. The number of aryl methyl sites for hydroxylation is 1. The SMILES string of the molecule is CCCC[C@H](O)[C@H](N)c1c(OC)cc(C)cc1OC. The number of methoxy groups -OCH3 is 2. The molecule has 4 nitrogen and oxygen atoms in total. The van der Waals surface area contributed by atoms with E-state index in [0.717, 1.165) is 24.0 Å². The molecule has 0 saturated heterocycles. The van der Waals surface area contributed by atoms with Crippen LogP contribution in [0.4, 0.5) is 0 Å². The number of unbranched alkanes of at least 4 members (excludes halogenated alkanes) is 1. The summed E-state index contributed by atoms with van der Waals surface area (Å²) in [4.78, 5) is 0. The fourth-order valence-corrected chi connectivity index (χ4v) is 2.18. The Kier molecular flexibility index (Phi) is 6.12. The third-order valence-corrected chi connectivity index (χ3v) is 3.29. The standard InChI is InChI=1S/C15H25NO3/c1-5-6-7-11(17)15(16)14-12(18-3)8-10(2)9-13(14)19-4/h8-9,11,15,17H,5-7,16H2,1-4H3/t11-,15-/m0/s1. The van der Waals surface area contributed by atoms with Crippen LogP contribution in [0.2, 0.25) is 0 Å². The average Bonchev–Trinajstić information content (AvgIpc) is 2.42. The number of hydrogen-bond acceptors (Lipinski definition) is 4. The molecule has 1 aromatic carbocycles. The summed E-state index contributed by atoms with van der Waals surface area (Å²) < 4.78 is 10.7. The molecular weight excluding hydrogens is 242 g/mol. The maximum Gasteiger partial charge on any atom is 0.127 e. The first-order valence-electron chi connectivity index (χ1n) is 6.71. The summed E-state index contributed by atoms with van der Waals surface area (Å²) in [5.74, 6) is 1.33. The topological polar surface area (TPSA) is 64.7 Å². The van der Waals surface area contributed by atoms with Crippen molar-refractivity contribution in [3.63, 3.8) is 0 Å². The van der Waals surface area contributed by atoms with E-state index < -0.39 is 12.1 Å². The maximum absolute atomic E-state index is 10.2. The van der Waals surface area contributed by atoms with Gasteiger partial charge >= 0.3 is 0 Å². The van der Waals surface area contributed by atoms with Crippen molar-refractivity contribution in [3.05, 3.63) is 23.3 Å². The van der Waals surface area contributed by atoms with Crippen LogP contribution in [0.5, 0.6) is 11.5 Å². The molecule has 4 heteroatoms. The molecule has 0 unspecified atom stereocenters. The first-order chi connectivity index (χ1) is 9.04. The number of aliphatic hydroxyl groups is 1. The largest absolute Gasteiger partial charge is 0.496 e. The van der Waals surface area contributed by atoms with Crippen molar-refractivity contribution in [1.82, 2.24) is 0 Å². The molecular formula is C15H25NO3. The Morgan fingerprint density at radius 3 is 2.16 bits per heavy atom. The molecule has 0 bridgehead atoms. The van der Waals surface area contributed by atoms with E-state index in [0.29, 0.717) is 17.9 Å². The molecule has 0 heterocycles. The van der Waals surface area contributed by atoms with Gasteiger partial charge in [-0.1, -0.05) is 19.8 Å². The molecule has 1 rings (SSSR count). The summed E-state index contributed by atoms with van der Waals surface area (Å²) in [5.41, 5.74) is 7.94. The first-order valence-corrected chi connectivity index (χ1v) is 6.71. The molecule has 0 spiro atoms. The van der Waals surface area contributed by atoms with Gasteiger partial charge in [0.2, 0.25) is 0 Å². The molecule has 0 aliphatic carbocycles. The van der Waals surface area contributed by atoms with Crippen molar-refractivity contribution < 1.29 is 14.6 Å². The zero-order valence-corrected chi connectivity index (χ0v) is 12.3. The van der Waals surface area contributed by atoms with Crippen LogP contribution < -0.4 is 15.2 Å². The summed E-state index contributed by atoms with van der Waals surface area (Å²) in [6, 6.07) is 3.31. The fourth-order valence-electron chi connectivity index (χ4n) is 2.18. The number of aliphatic hydroxyl groups excluding tert-OH is 1. The second kappa shape index (κ2) is 7.36. The van der Waals surface area contributed by atoms with E-state index in [1.54, 1.807) is 14.2 Å². The Labute approximate surface area is 115 Å². The predicted molar refractivity (Wildman–Crippen MR) is 76.7 cm³/mol. The molecule has 0 radical (unpaired) electrons. The van der Waals surface area contributed by atoms with Gasteiger partial charge in [-0.2, -0.15) is 0 Å². The van der Waals surface area contributed by atoms with E-state index >= 15 is 0 Å². The van der Waals surface area contributed by atoms with E-state index in [4.69, 9.17) is 15.2 Å². The van der Waals surface area contributed by atoms with Gasteiger partial charge in [-0.3, -0.25) is 0 Å². The molecule has 0 aliphatic heterocycles. The second-order valence-corrected chi connectivity index (χ2v) is 4.82. The number of hydrogen-bond donors (Lipinski definition) is 2. The number of nitrogens with two attached hydrogens (primary N) is 1. The molecule has 0 fully saturated rings. The van der Waals surface area contributed by atoms with Crippen molar-refractivity contribution in [2.75, 3.05) is 14.2 Å². The van der Waals surface area contributed by atoms with Gasteiger partial charge in [0.25, 0.3) is 0 Å². The lowest BCUT2D eigenvalue weighted by Crippen LogP contribution is -2.27.